The Balaban J connectivity index is 2.71. The molecule has 5 heteroatoms. The molecule has 0 aromatic carbocycles. The second kappa shape index (κ2) is 3.38. The second-order valence-electron chi connectivity index (χ2n) is 2.32. The van der Waals surface area contributed by atoms with Crippen LogP contribution in [-0.2, 0) is 4.79 Å². The van der Waals surface area contributed by atoms with E-state index >= 15 is 0 Å². The summed E-state index contributed by atoms with van der Waals surface area (Å²) in [5, 5.41) is 17.7. The molecule has 1 heterocycles. The zero-order valence-electron chi connectivity index (χ0n) is 6.18. The summed E-state index contributed by atoms with van der Waals surface area (Å²) in [6, 6.07) is 1.66. The Morgan fingerprint density at radius 2 is 2.33 bits per heavy atom. The molecule has 1 aromatic heterocycles. The van der Waals surface area contributed by atoms with Crippen molar-refractivity contribution < 1.29 is 19.4 Å². The molecule has 0 saturated carbocycles. The summed E-state index contributed by atoms with van der Waals surface area (Å²) >= 11 is 0. The van der Waals surface area contributed by atoms with Crippen LogP contribution in [-0.4, -0.2) is 22.2 Å². The van der Waals surface area contributed by atoms with Gasteiger partial charge in [-0.15, -0.1) is 0 Å². The van der Waals surface area contributed by atoms with Crippen LogP contribution in [0.15, 0.2) is 22.8 Å². The Morgan fingerprint density at radius 1 is 1.67 bits per heavy atom. The number of carboxylic acids is 1. The number of hydrogen-bond donors (Lipinski definition) is 3. The van der Waals surface area contributed by atoms with Crippen LogP contribution in [0.3, 0.4) is 0 Å². The standard InChI is InChI=1S/C7H9NO4/c8-5(7(10)11)6(9)4-2-1-3-12-4/h1-3,5-6,9H,8H2,(H,10,11)/t5-,6-/m1/s1. The fourth-order valence-electron chi connectivity index (χ4n) is 0.772. The van der Waals surface area contributed by atoms with Gasteiger partial charge >= 0.3 is 5.97 Å². The number of hydrogen-bond acceptors (Lipinski definition) is 4. The predicted molar refractivity (Wildman–Crippen MR) is 39.3 cm³/mol. The van der Waals surface area contributed by atoms with Gasteiger partial charge in [-0.3, -0.25) is 4.79 Å². The van der Waals surface area contributed by atoms with E-state index in [0.29, 0.717) is 0 Å². The Bertz CT molecular complexity index is 256. The van der Waals surface area contributed by atoms with Gasteiger partial charge in [0.25, 0.3) is 0 Å². The second-order valence-corrected chi connectivity index (χ2v) is 2.32. The Labute approximate surface area is 68.4 Å². The molecule has 0 aliphatic heterocycles. The fraction of sp³-hybridized carbons (Fsp3) is 0.286. The molecule has 1 aromatic rings. The molecule has 0 radical (unpaired) electrons. The van der Waals surface area contributed by atoms with Crippen LogP contribution in [0.4, 0.5) is 0 Å². The molecule has 0 saturated heterocycles. The number of furan rings is 1. The molecular weight excluding hydrogens is 162 g/mol. The third-order valence-corrected chi connectivity index (χ3v) is 1.46. The largest absolute Gasteiger partial charge is 0.480 e. The zero-order valence-corrected chi connectivity index (χ0v) is 6.18. The van der Waals surface area contributed by atoms with Crippen molar-refractivity contribution in [2.45, 2.75) is 12.1 Å². The minimum atomic E-state index is -1.35. The molecule has 1 rings (SSSR count). The zero-order chi connectivity index (χ0) is 9.14. The highest BCUT2D eigenvalue weighted by Crippen LogP contribution is 2.15. The summed E-state index contributed by atoms with van der Waals surface area (Å²) in [6.07, 6.45) is 0.0464. The van der Waals surface area contributed by atoms with Crippen LogP contribution in [0.5, 0.6) is 0 Å². The minimum Gasteiger partial charge on any atom is -0.480 e. The highest BCUT2D eigenvalue weighted by molar-refractivity contribution is 5.74. The Morgan fingerprint density at radius 3 is 2.75 bits per heavy atom. The topological polar surface area (TPSA) is 96.7 Å². The van der Waals surface area contributed by atoms with E-state index in [-0.39, 0.29) is 5.76 Å². The first kappa shape index (κ1) is 8.76. The molecular formula is C7H9NO4. The number of aliphatic hydroxyl groups is 1. The maximum atomic E-state index is 10.3. The lowest BCUT2D eigenvalue weighted by Gasteiger charge is -2.11. The minimum absolute atomic E-state index is 0.157. The first-order chi connectivity index (χ1) is 5.63. The molecule has 12 heavy (non-hydrogen) atoms. The highest BCUT2D eigenvalue weighted by atomic mass is 16.4. The quantitative estimate of drug-likeness (QED) is 0.581. The normalized spacial score (nSPS) is 15.5. The average molecular weight is 171 g/mol. The molecule has 0 spiro atoms. The van der Waals surface area contributed by atoms with E-state index in [1.807, 2.05) is 0 Å². The van der Waals surface area contributed by atoms with Gasteiger partial charge < -0.3 is 20.4 Å². The maximum Gasteiger partial charge on any atom is 0.323 e. The fourth-order valence-corrected chi connectivity index (χ4v) is 0.772. The number of carbonyl (C=O) groups is 1. The van der Waals surface area contributed by atoms with E-state index in [1.54, 1.807) is 6.07 Å². The number of nitrogens with two attached hydrogens (primary N) is 1. The van der Waals surface area contributed by atoms with Crippen molar-refractivity contribution in [1.29, 1.82) is 0 Å². The van der Waals surface area contributed by atoms with E-state index in [1.165, 1.54) is 12.3 Å². The van der Waals surface area contributed by atoms with Gasteiger partial charge in [0.15, 0.2) is 0 Å². The van der Waals surface area contributed by atoms with Crippen LogP contribution >= 0.6 is 0 Å². The van der Waals surface area contributed by atoms with E-state index in [2.05, 4.69) is 0 Å². The number of aliphatic hydroxyl groups excluding tert-OH is 1. The first-order valence-corrected chi connectivity index (χ1v) is 3.33. The summed E-state index contributed by atoms with van der Waals surface area (Å²) in [5.41, 5.74) is 5.14. The number of carboxylic acid groups (broad SMARTS) is 1. The highest BCUT2D eigenvalue weighted by Gasteiger charge is 2.25. The van der Waals surface area contributed by atoms with E-state index in [0.717, 1.165) is 0 Å². The lowest BCUT2D eigenvalue weighted by atomic mass is 10.1. The van der Waals surface area contributed by atoms with Gasteiger partial charge in [0.05, 0.1) is 6.26 Å². The van der Waals surface area contributed by atoms with Gasteiger partial charge in [0.1, 0.15) is 17.9 Å². The van der Waals surface area contributed by atoms with Gasteiger partial charge in [-0.05, 0) is 12.1 Å². The SMILES string of the molecule is N[C@@H](C(=O)O)[C@H](O)c1ccco1. The molecule has 2 atom stereocenters. The first-order valence-electron chi connectivity index (χ1n) is 3.33. The molecule has 0 aliphatic carbocycles. The molecule has 0 amide bonds. The van der Waals surface area contributed by atoms with E-state index in [9.17, 15) is 9.90 Å². The van der Waals surface area contributed by atoms with Crippen LogP contribution in [0.2, 0.25) is 0 Å². The van der Waals surface area contributed by atoms with Crippen molar-refractivity contribution in [3.63, 3.8) is 0 Å². The molecule has 0 bridgehead atoms. The van der Waals surface area contributed by atoms with Crippen molar-refractivity contribution in [2.75, 3.05) is 0 Å². The molecule has 4 N–H and O–H groups in total. The van der Waals surface area contributed by atoms with Gasteiger partial charge in [-0.1, -0.05) is 0 Å². The Kier molecular flexibility index (Phi) is 2.47. The summed E-state index contributed by atoms with van der Waals surface area (Å²) in [6.45, 7) is 0. The van der Waals surface area contributed by atoms with Crippen LogP contribution in [0, 0.1) is 0 Å². The van der Waals surface area contributed by atoms with Crippen LogP contribution < -0.4 is 5.73 Å². The van der Waals surface area contributed by atoms with Gasteiger partial charge in [-0.25, -0.2) is 0 Å². The third kappa shape index (κ3) is 1.63. The molecule has 0 unspecified atom stereocenters. The lowest BCUT2D eigenvalue weighted by Crippen LogP contribution is -2.36. The molecule has 0 aliphatic rings. The van der Waals surface area contributed by atoms with Gasteiger partial charge in [0, 0.05) is 0 Å². The van der Waals surface area contributed by atoms with Crippen molar-refractivity contribution in [3.05, 3.63) is 24.2 Å². The Hall–Kier alpha value is -1.33. The van der Waals surface area contributed by atoms with Crippen molar-refractivity contribution in [3.8, 4) is 0 Å². The smallest absolute Gasteiger partial charge is 0.323 e. The summed E-state index contributed by atoms with van der Waals surface area (Å²) in [7, 11) is 0. The summed E-state index contributed by atoms with van der Waals surface area (Å²) in [4.78, 5) is 10.3. The van der Waals surface area contributed by atoms with Crippen molar-refractivity contribution >= 4 is 5.97 Å². The molecule has 0 fully saturated rings. The monoisotopic (exact) mass is 171 g/mol. The summed E-state index contributed by atoms with van der Waals surface area (Å²) in [5.74, 6) is -1.11. The summed E-state index contributed by atoms with van der Waals surface area (Å²) < 4.78 is 4.77. The van der Waals surface area contributed by atoms with Crippen molar-refractivity contribution in [1.82, 2.24) is 0 Å². The van der Waals surface area contributed by atoms with E-state index < -0.39 is 18.1 Å². The van der Waals surface area contributed by atoms with Gasteiger partial charge in [-0.2, -0.15) is 0 Å². The molecule has 66 valence electrons. The van der Waals surface area contributed by atoms with Crippen LogP contribution in [0.1, 0.15) is 11.9 Å². The average Bonchev–Trinajstić information content (AvgIpc) is 2.53. The predicted octanol–water partition coefficient (Wildman–Crippen LogP) is -0.275. The van der Waals surface area contributed by atoms with E-state index in [4.69, 9.17) is 15.3 Å². The number of rotatable bonds is 3. The van der Waals surface area contributed by atoms with Gasteiger partial charge in [0.2, 0.25) is 0 Å². The lowest BCUT2D eigenvalue weighted by molar-refractivity contribution is -0.141. The van der Waals surface area contributed by atoms with Crippen molar-refractivity contribution in [2.24, 2.45) is 5.73 Å². The maximum absolute atomic E-state index is 10.3. The van der Waals surface area contributed by atoms with Crippen LogP contribution in [0.25, 0.3) is 0 Å². The number of aliphatic carboxylic acids is 1. The molecule has 5 nitrogen and oxygen atoms in total. The third-order valence-electron chi connectivity index (χ3n) is 1.46.